The molecule has 0 aromatic heterocycles. The van der Waals surface area contributed by atoms with Gasteiger partial charge in [0.1, 0.15) is 0 Å². The van der Waals surface area contributed by atoms with Gasteiger partial charge in [-0.15, -0.1) is 0 Å². The summed E-state index contributed by atoms with van der Waals surface area (Å²) in [7, 11) is 1.44. The first kappa shape index (κ1) is 11.3. The van der Waals surface area contributed by atoms with Crippen molar-refractivity contribution in [2.24, 2.45) is 0 Å². The molecule has 14 heavy (non-hydrogen) atoms. The fourth-order valence-corrected chi connectivity index (χ4v) is 1.87. The number of methoxy groups -OCH3 is 1. The molecule has 0 saturated heterocycles. The van der Waals surface area contributed by atoms with Gasteiger partial charge in [-0.1, -0.05) is 30.9 Å². The van der Waals surface area contributed by atoms with Crippen LogP contribution in [-0.4, -0.2) is 13.1 Å². The molecule has 2 nitrogen and oxygen atoms in total. The number of carbonyl (C=O) groups is 1. The number of hydrogen-bond donors (Lipinski definition) is 0. The van der Waals surface area contributed by atoms with Crippen molar-refractivity contribution < 1.29 is 9.53 Å². The number of ether oxygens (including phenoxy) is 1. The van der Waals surface area contributed by atoms with E-state index < -0.39 is 0 Å². The summed E-state index contributed by atoms with van der Waals surface area (Å²) in [6, 6.07) is 0. The third-order valence-corrected chi connectivity index (χ3v) is 2.78. The van der Waals surface area contributed by atoms with Gasteiger partial charge < -0.3 is 4.74 Å². The Morgan fingerprint density at radius 2 is 1.79 bits per heavy atom. The van der Waals surface area contributed by atoms with Crippen LogP contribution in [-0.2, 0) is 9.53 Å². The lowest BCUT2D eigenvalue weighted by molar-refractivity contribution is -0.139. The molecule has 1 aliphatic carbocycles. The Kier molecular flexibility index (Phi) is 5.35. The Labute approximate surface area is 86.3 Å². The molecule has 0 amide bonds. The van der Waals surface area contributed by atoms with Crippen LogP contribution in [0.2, 0.25) is 0 Å². The van der Waals surface area contributed by atoms with Crippen LogP contribution in [0.4, 0.5) is 0 Å². The molecule has 1 saturated carbocycles. The molecule has 0 heterocycles. The average molecular weight is 196 g/mol. The minimum absolute atomic E-state index is 0.125. The normalized spacial score (nSPS) is 18.2. The maximum atomic E-state index is 10.9. The van der Waals surface area contributed by atoms with Crippen LogP contribution in [0.5, 0.6) is 0 Å². The zero-order valence-corrected chi connectivity index (χ0v) is 9.05. The van der Waals surface area contributed by atoms with E-state index in [9.17, 15) is 4.79 Å². The fourth-order valence-electron chi connectivity index (χ4n) is 1.87. The minimum atomic E-state index is -0.125. The minimum Gasteiger partial charge on any atom is -0.469 e. The molecule has 80 valence electrons. The molecule has 0 bridgehead atoms. The lowest BCUT2D eigenvalue weighted by Crippen LogP contribution is -1.99. The standard InChI is InChI=1S/C12H20O2/c1-14-12(13)10-9-11-7-5-3-2-4-6-8-11/h9H,2-8,10H2,1H3. The topological polar surface area (TPSA) is 26.3 Å². The first-order valence-electron chi connectivity index (χ1n) is 5.57. The molecule has 0 aliphatic heterocycles. The van der Waals surface area contributed by atoms with E-state index in [-0.39, 0.29) is 5.97 Å². The molecule has 0 atom stereocenters. The van der Waals surface area contributed by atoms with Gasteiger partial charge in [0, 0.05) is 0 Å². The highest BCUT2D eigenvalue weighted by atomic mass is 16.5. The van der Waals surface area contributed by atoms with Gasteiger partial charge in [0.2, 0.25) is 0 Å². The summed E-state index contributed by atoms with van der Waals surface area (Å²) in [6.07, 6.45) is 11.5. The number of esters is 1. The van der Waals surface area contributed by atoms with Gasteiger partial charge in [-0.3, -0.25) is 4.79 Å². The van der Waals surface area contributed by atoms with Gasteiger partial charge >= 0.3 is 5.97 Å². The van der Waals surface area contributed by atoms with Crippen molar-refractivity contribution in [3.63, 3.8) is 0 Å². The van der Waals surface area contributed by atoms with Crippen LogP contribution in [0.15, 0.2) is 11.6 Å². The second kappa shape index (κ2) is 6.63. The first-order chi connectivity index (χ1) is 6.83. The molecule has 1 rings (SSSR count). The molecule has 1 aliphatic rings. The molecular formula is C12H20O2. The Bertz CT molecular complexity index is 196. The first-order valence-corrected chi connectivity index (χ1v) is 5.57. The second-order valence-corrected chi connectivity index (χ2v) is 3.91. The Morgan fingerprint density at radius 1 is 1.21 bits per heavy atom. The van der Waals surface area contributed by atoms with E-state index in [1.165, 1.54) is 57.6 Å². The van der Waals surface area contributed by atoms with Crippen molar-refractivity contribution in [3.05, 3.63) is 11.6 Å². The third kappa shape index (κ3) is 4.45. The fraction of sp³-hybridized carbons (Fsp3) is 0.750. The van der Waals surface area contributed by atoms with Gasteiger partial charge in [0.25, 0.3) is 0 Å². The molecule has 0 aromatic rings. The summed E-state index contributed by atoms with van der Waals surface area (Å²) in [4.78, 5) is 10.9. The molecule has 2 heteroatoms. The van der Waals surface area contributed by atoms with Gasteiger partial charge in [-0.05, 0) is 25.7 Å². The number of allylic oxidation sites excluding steroid dienone is 1. The Balaban J connectivity index is 2.35. The van der Waals surface area contributed by atoms with E-state index in [4.69, 9.17) is 0 Å². The predicted molar refractivity (Wildman–Crippen MR) is 57.0 cm³/mol. The van der Waals surface area contributed by atoms with E-state index >= 15 is 0 Å². The lowest BCUT2D eigenvalue weighted by Gasteiger charge is -2.11. The van der Waals surface area contributed by atoms with Crippen molar-refractivity contribution in [2.45, 2.75) is 51.4 Å². The van der Waals surface area contributed by atoms with Gasteiger partial charge in [0.05, 0.1) is 13.5 Å². The van der Waals surface area contributed by atoms with Crippen LogP contribution in [0.3, 0.4) is 0 Å². The largest absolute Gasteiger partial charge is 0.469 e. The summed E-state index contributed by atoms with van der Waals surface area (Å²) >= 11 is 0. The highest BCUT2D eigenvalue weighted by Crippen LogP contribution is 2.21. The predicted octanol–water partition coefficient (Wildman–Crippen LogP) is 3.22. The zero-order valence-electron chi connectivity index (χ0n) is 9.05. The van der Waals surface area contributed by atoms with Gasteiger partial charge in [0.15, 0.2) is 0 Å². The van der Waals surface area contributed by atoms with Crippen LogP contribution in [0.1, 0.15) is 51.4 Å². The van der Waals surface area contributed by atoms with Crippen molar-refractivity contribution in [1.29, 1.82) is 0 Å². The number of rotatable bonds is 2. The van der Waals surface area contributed by atoms with Crippen LogP contribution in [0, 0.1) is 0 Å². The average Bonchev–Trinajstić information content (AvgIpc) is 2.15. The highest BCUT2D eigenvalue weighted by molar-refractivity contribution is 5.71. The highest BCUT2D eigenvalue weighted by Gasteiger charge is 2.04. The molecule has 0 unspecified atom stereocenters. The van der Waals surface area contributed by atoms with E-state index in [0.717, 1.165) is 0 Å². The second-order valence-electron chi connectivity index (χ2n) is 3.91. The SMILES string of the molecule is COC(=O)CC=C1CCCCCCC1. The Morgan fingerprint density at radius 3 is 2.36 bits per heavy atom. The Hall–Kier alpha value is -0.790. The summed E-state index contributed by atoms with van der Waals surface area (Å²) in [6.45, 7) is 0. The maximum Gasteiger partial charge on any atom is 0.309 e. The summed E-state index contributed by atoms with van der Waals surface area (Å²) in [5, 5.41) is 0. The smallest absolute Gasteiger partial charge is 0.309 e. The maximum absolute atomic E-state index is 10.9. The van der Waals surface area contributed by atoms with Gasteiger partial charge in [-0.25, -0.2) is 0 Å². The van der Waals surface area contributed by atoms with Crippen LogP contribution >= 0.6 is 0 Å². The quantitative estimate of drug-likeness (QED) is 0.500. The molecule has 0 N–H and O–H groups in total. The molecular weight excluding hydrogens is 176 g/mol. The monoisotopic (exact) mass is 196 g/mol. The molecule has 0 spiro atoms. The van der Waals surface area contributed by atoms with Crippen LogP contribution in [0.25, 0.3) is 0 Å². The third-order valence-electron chi connectivity index (χ3n) is 2.78. The zero-order chi connectivity index (χ0) is 10.2. The van der Waals surface area contributed by atoms with Crippen molar-refractivity contribution in [1.82, 2.24) is 0 Å². The van der Waals surface area contributed by atoms with E-state index in [1.54, 1.807) is 0 Å². The van der Waals surface area contributed by atoms with Crippen molar-refractivity contribution in [3.8, 4) is 0 Å². The summed E-state index contributed by atoms with van der Waals surface area (Å²) in [5.41, 5.74) is 1.45. The molecule has 0 aromatic carbocycles. The van der Waals surface area contributed by atoms with E-state index in [0.29, 0.717) is 6.42 Å². The van der Waals surface area contributed by atoms with Gasteiger partial charge in [-0.2, -0.15) is 0 Å². The van der Waals surface area contributed by atoms with Crippen LogP contribution < -0.4 is 0 Å². The van der Waals surface area contributed by atoms with E-state index in [1.807, 2.05) is 0 Å². The summed E-state index contributed by atoms with van der Waals surface area (Å²) < 4.78 is 4.61. The van der Waals surface area contributed by atoms with E-state index in [2.05, 4.69) is 10.8 Å². The van der Waals surface area contributed by atoms with Crippen molar-refractivity contribution >= 4 is 5.97 Å². The lowest BCUT2D eigenvalue weighted by atomic mass is 9.95. The van der Waals surface area contributed by atoms with Crippen molar-refractivity contribution in [2.75, 3.05) is 7.11 Å². The number of hydrogen-bond acceptors (Lipinski definition) is 2. The summed E-state index contributed by atoms with van der Waals surface area (Å²) in [5.74, 6) is -0.125. The number of carbonyl (C=O) groups excluding carboxylic acids is 1. The molecule has 1 fully saturated rings. The molecule has 0 radical (unpaired) electrons.